The van der Waals surface area contributed by atoms with Crippen LogP contribution in [0.25, 0.3) is 0 Å². The van der Waals surface area contributed by atoms with Crippen LogP contribution < -0.4 is 0 Å². The van der Waals surface area contributed by atoms with E-state index in [1.165, 1.54) is 6.92 Å². The molecule has 1 N–H and O–H groups in total. The molecule has 3 heteroatoms. The van der Waals surface area contributed by atoms with Crippen LogP contribution in [0.3, 0.4) is 0 Å². The fourth-order valence-electron chi connectivity index (χ4n) is 0.175. The number of aldehydes is 1. The largest absolute Gasteiger partial charge is 0.481 e. The predicted octanol–water partition coefficient (Wildman–Crippen LogP) is 1.32. The molecule has 60 valence electrons. The van der Waals surface area contributed by atoms with Crippen LogP contribution in [0.5, 0.6) is 0 Å². The Morgan fingerprint density at radius 3 is 2.00 bits per heavy atom. The normalized spacial score (nSPS) is 10.7. The van der Waals surface area contributed by atoms with Crippen molar-refractivity contribution in [2.45, 2.75) is 27.2 Å². The zero-order chi connectivity index (χ0) is 8.57. The SMILES string of the molecule is CC=O.CCC(C)C(=O)O. The van der Waals surface area contributed by atoms with Gasteiger partial charge in [-0.15, -0.1) is 0 Å². The first-order chi connectivity index (χ1) is 4.59. The Balaban J connectivity index is 0. The third-order valence-corrected chi connectivity index (χ3v) is 1.03. The maximum Gasteiger partial charge on any atom is 0.306 e. The Morgan fingerprint density at radius 2 is 2.00 bits per heavy atom. The number of carbonyl (C=O) groups is 2. The first kappa shape index (κ1) is 11.9. The van der Waals surface area contributed by atoms with Crippen molar-refractivity contribution in [3.05, 3.63) is 0 Å². The van der Waals surface area contributed by atoms with Gasteiger partial charge in [-0.3, -0.25) is 4.79 Å². The summed E-state index contributed by atoms with van der Waals surface area (Å²) in [6, 6.07) is 0. The fraction of sp³-hybridized carbons (Fsp3) is 0.714. The Morgan fingerprint density at radius 1 is 1.70 bits per heavy atom. The molecule has 0 spiro atoms. The molecule has 0 amide bonds. The van der Waals surface area contributed by atoms with Gasteiger partial charge < -0.3 is 9.90 Å². The van der Waals surface area contributed by atoms with Gasteiger partial charge in [-0.05, 0) is 13.3 Å². The highest BCUT2D eigenvalue weighted by molar-refractivity contribution is 5.69. The van der Waals surface area contributed by atoms with Crippen molar-refractivity contribution in [1.29, 1.82) is 0 Å². The highest BCUT2D eigenvalue weighted by Gasteiger charge is 2.05. The van der Waals surface area contributed by atoms with Crippen LogP contribution in [0.2, 0.25) is 0 Å². The number of carbonyl (C=O) groups excluding carboxylic acids is 1. The number of hydrogen-bond donors (Lipinski definition) is 1. The molecule has 3 nitrogen and oxygen atoms in total. The second kappa shape index (κ2) is 8.14. The van der Waals surface area contributed by atoms with Crippen LogP contribution in [0.15, 0.2) is 0 Å². The number of carboxylic acids is 1. The van der Waals surface area contributed by atoms with Gasteiger partial charge in [0.05, 0.1) is 5.92 Å². The summed E-state index contributed by atoms with van der Waals surface area (Å²) in [5, 5.41) is 8.18. The topological polar surface area (TPSA) is 54.4 Å². The molecule has 0 aromatic carbocycles. The molecule has 0 aliphatic rings. The molecule has 0 heterocycles. The van der Waals surface area contributed by atoms with Gasteiger partial charge in [0.1, 0.15) is 6.29 Å². The lowest BCUT2D eigenvalue weighted by atomic mass is 10.1. The lowest BCUT2D eigenvalue weighted by molar-refractivity contribution is -0.141. The van der Waals surface area contributed by atoms with Gasteiger partial charge in [0.25, 0.3) is 0 Å². The summed E-state index contributed by atoms with van der Waals surface area (Å²) in [4.78, 5) is 18.7. The molecule has 10 heavy (non-hydrogen) atoms. The molecule has 0 saturated heterocycles. The van der Waals surface area contributed by atoms with E-state index in [9.17, 15) is 4.79 Å². The molecule has 0 saturated carbocycles. The number of carboxylic acid groups (broad SMARTS) is 1. The Labute approximate surface area is 61.1 Å². The first-order valence-electron chi connectivity index (χ1n) is 3.22. The molecule has 0 aliphatic heterocycles. The summed E-state index contributed by atoms with van der Waals surface area (Å²) in [5.74, 6) is -0.887. The molecule has 0 radical (unpaired) electrons. The highest BCUT2D eigenvalue weighted by atomic mass is 16.4. The van der Waals surface area contributed by atoms with Crippen LogP contribution in [0.1, 0.15) is 27.2 Å². The first-order valence-corrected chi connectivity index (χ1v) is 3.22. The summed E-state index contributed by atoms with van der Waals surface area (Å²) >= 11 is 0. The molecule has 0 bridgehead atoms. The highest BCUT2D eigenvalue weighted by Crippen LogP contribution is 1.97. The van der Waals surface area contributed by atoms with Crippen LogP contribution in [-0.2, 0) is 9.59 Å². The molecule has 1 atom stereocenters. The van der Waals surface area contributed by atoms with Gasteiger partial charge in [-0.2, -0.15) is 0 Å². The molecular weight excluding hydrogens is 132 g/mol. The maximum absolute atomic E-state index is 9.93. The minimum absolute atomic E-state index is 0.181. The summed E-state index contributed by atoms with van der Waals surface area (Å²) < 4.78 is 0. The molecule has 1 unspecified atom stereocenters. The minimum Gasteiger partial charge on any atom is -0.481 e. The molecular formula is C7H14O3. The Kier molecular flexibility index (Phi) is 9.67. The minimum atomic E-state index is -0.706. The molecule has 0 aromatic rings. The van der Waals surface area contributed by atoms with Gasteiger partial charge in [-0.25, -0.2) is 0 Å². The summed E-state index contributed by atoms with van der Waals surface area (Å²) in [6.07, 6.45) is 1.47. The number of rotatable bonds is 2. The second-order valence-corrected chi connectivity index (χ2v) is 1.88. The second-order valence-electron chi connectivity index (χ2n) is 1.88. The number of aliphatic carboxylic acids is 1. The summed E-state index contributed by atoms with van der Waals surface area (Å²) in [5.41, 5.74) is 0. The van der Waals surface area contributed by atoms with Crippen molar-refractivity contribution in [3.8, 4) is 0 Å². The Bertz CT molecular complexity index is 99.0. The average molecular weight is 146 g/mol. The zero-order valence-corrected chi connectivity index (χ0v) is 6.63. The van der Waals surface area contributed by atoms with E-state index in [2.05, 4.69) is 0 Å². The van der Waals surface area contributed by atoms with Crippen LogP contribution in [0, 0.1) is 5.92 Å². The van der Waals surface area contributed by atoms with Gasteiger partial charge >= 0.3 is 5.97 Å². The maximum atomic E-state index is 9.93. The molecule has 0 aromatic heterocycles. The van der Waals surface area contributed by atoms with Gasteiger partial charge in [0, 0.05) is 0 Å². The van der Waals surface area contributed by atoms with Crippen molar-refractivity contribution >= 4 is 12.3 Å². The van der Waals surface area contributed by atoms with E-state index in [0.29, 0.717) is 0 Å². The predicted molar refractivity (Wildman–Crippen MR) is 38.8 cm³/mol. The van der Waals surface area contributed by atoms with E-state index in [0.717, 1.165) is 12.7 Å². The van der Waals surface area contributed by atoms with E-state index in [4.69, 9.17) is 9.90 Å². The molecule has 0 aliphatic carbocycles. The number of hydrogen-bond acceptors (Lipinski definition) is 2. The standard InChI is InChI=1S/C5H10O2.C2H4O/c1-3-4(2)5(6)7;1-2-3/h4H,3H2,1-2H3,(H,6,7);2H,1H3. The Hall–Kier alpha value is -0.860. The van der Waals surface area contributed by atoms with Crippen molar-refractivity contribution in [2.75, 3.05) is 0 Å². The lowest BCUT2D eigenvalue weighted by Crippen LogP contribution is -2.06. The zero-order valence-electron chi connectivity index (χ0n) is 6.63. The lowest BCUT2D eigenvalue weighted by Gasteiger charge is -1.96. The van der Waals surface area contributed by atoms with Crippen LogP contribution >= 0.6 is 0 Å². The summed E-state index contributed by atoms with van der Waals surface area (Å²) in [7, 11) is 0. The third kappa shape index (κ3) is 10.2. The van der Waals surface area contributed by atoms with E-state index in [-0.39, 0.29) is 5.92 Å². The monoisotopic (exact) mass is 146 g/mol. The van der Waals surface area contributed by atoms with Crippen LogP contribution in [0.4, 0.5) is 0 Å². The fourth-order valence-corrected chi connectivity index (χ4v) is 0.175. The van der Waals surface area contributed by atoms with Crippen molar-refractivity contribution < 1.29 is 14.7 Å². The molecule has 0 fully saturated rings. The van der Waals surface area contributed by atoms with Gasteiger partial charge in [-0.1, -0.05) is 13.8 Å². The van der Waals surface area contributed by atoms with E-state index in [1.807, 2.05) is 6.92 Å². The third-order valence-electron chi connectivity index (χ3n) is 1.03. The van der Waals surface area contributed by atoms with Crippen molar-refractivity contribution in [3.63, 3.8) is 0 Å². The van der Waals surface area contributed by atoms with E-state index < -0.39 is 5.97 Å². The van der Waals surface area contributed by atoms with E-state index in [1.54, 1.807) is 6.92 Å². The average Bonchev–Trinajstić information content (AvgIpc) is 1.88. The summed E-state index contributed by atoms with van der Waals surface area (Å²) in [6.45, 7) is 5.00. The van der Waals surface area contributed by atoms with Crippen molar-refractivity contribution in [1.82, 2.24) is 0 Å². The smallest absolute Gasteiger partial charge is 0.306 e. The molecule has 0 rings (SSSR count). The van der Waals surface area contributed by atoms with Gasteiger partial charge in [0.15, 0.2) is 0 Å². The quantitative estimate of drug-likeness (QED) is 0.598. The van der Waals surface area contributed by atoms with E-state index >= 15 is 0 Å². The van der Waals surface area contributed by atoms with Crippen molar-refractivity contribution in [2.24, 2.45) is 5.92 Å². The van der Waals surface area contributed by atoms with Gasteiger partial charge in [0.2, 0.25) is 0 Å². The van der Waals surface area contributed by atoms with Crippen LogP contribution in [-0.4, -0.2) is 17.4 Å².